The number of benzene rings is 2. The van der Waals surface area contributed by atoms with Gasteiger partial charge < -0.3 is 18.8 Å². The van der Waals surface area contributed by atoms with Crippen molar-refractivity contribution in [1.82, 2.24) is 4.90 Å². The fraction of sp³-hybridized carbons (Fsp3) is 0.348. The van der Waals surface area contributed by atoms with Gasteiger partial charge in [-0.15, -0.1) is 0 Å². The first kappa shape index (κ1) is 19.3. The lowest BCUT2D eigenvalue weighted by Crippen LogP contribution is -2.46. The molecule has 0 unspecified atom stereocenters. The van der Waals surface area contributed by atoms with E-state index in [4.69, 9.17) is 13.9 Å². The number of esters is 1. The van der Waals surface area contributed by atoms with Crippen molar-refractivity contribution in [1.29, 1.82) is 0 Å². The summed E-state index contributed by atoms with van der Waals surface area (Å²) < 4.78 is 16.4. The fourth-order valence-electron chi connectivity index (χ4n) is 3.81. The van der Waals surface area contributed by atoms with Gasteiger partial charge in [-0.2, -0.15) is 0 Å². The number of ether oxygens (including phenoxy) is 2. The Morgan fingerprint density at radius 1 is 1.07 bits per heavy atom. The third-order valence-electron chi connectivity index (χ3n) is 5.33. The van der Waals surface area contributed by atoms with Crippen LogP contribution < -0.4 is 9.64 Å². The highest BCUT2D eigenvalue weighted by Crippen LogP contribution is 2.29. The number of carbonyl (C=O) groups is 1. The lowest BCUT2D eigenvalue weighted by Gasteiger charge is -2.36. The van der Waals surface area contributed by atoms with Crippen LogP contribution in [0.25, 0.3) is 11.0 Å². The number of methoxy groups -OCH3 is 1. The molecule has 1 saturated heterocycles. The normalized spacial score (nSPS) is 14.9. The van der Waals surface area contributed by atoms with Crippen molar-refractivity contribution in [3.8, 4) is 5.75 Å². The molecule has 0 saturated carbocycles. The van der Waals surface area contributed by atoms with Gasteiger partial charge in [0.05, 0.1) is 13.7 Å². The van der Waals surface area contributed by atoms with Crippen LogP contribution in [0.2, 0.25) is 0 Å². The minimum Gasteiger partial charge on any atom is -0.497 e. The summed E-state index contributed by atoms with van der Waals surface area (Å²) in [6.45, 7) is 6.43. The maximum Gasteiger partial charge on any atom is 0.374 e. The topological polar surface area (TPSA) is 55.2 Å². The molecule has 0 spiro atoms. The van der Waals surface area contributed by atoms with Gasteiger partial charge in [0.2, 0.25) is 5.76 Å². The first-order valence-electron chi connectivity index (χ1n) is 9.98. The van der Waals surface area contributed by atoms with Crippen LogP contribution >= 0.6 is 0 Å². The summed E-state index contributed by atoms with van der Waals surface area (Å²) in [5.74, 6) is 0.797. The van der Waals surface area contributed by atoms with Crippen LogP contribution in [0.15, 0.2) is 52.9 Å². The Morgan fingerprint density at radius 3 is 2.62 bits per heavy atom. The number of furan rings is 1. The summed E-state index contributed by atoms with van der Waals surface area (Å²) in [7, 11) is 1.69. The molecule has 0 bridgehead atoms. The Bertz CT molecular complexity index is 989. The summed E-state index contributed by atoms with van der Waals surface area (Å²) in [4.78, 5) is 17.1. The van der Waals surface area contributed by atoms with Crippen LogP contribution in [0.5, 0.6) is 5.75 Å². The maximum atomic E-state index is 12.4. The summed E-state index contributed by atoms with van der Waals surface area (Å²) in [5.41, 5.74) is 2.81. The molecule has 1 aromatic heterocycles. The molecule has 1 aliphatic heterocycles. The van der Waals surface area contributed by atoms with Crippen molar-refractivity contribution < 1.29 is 18.7 Å². The van der Waals surface area contributed by atoms with E-state index in [9.17, 15) is 4.79 Å². The highest BCUT2D eigenvalue weighted by Gasteiger charge is 2.25. The number of hydrogen-bond acceptors (Lipinski definition) is 6. The van der Waals surface area contributed by atoms with E-state index in [0.717, 1.165) is 48.5 Å². The number of piperazine rings is 1. The number of hydrogen-bond donors (Lipinski definition) is 0. The number of rotatable bonds is 6. The van der Waals surface area contributed by atoms with Crippen molar-refractivity contribution in [2.24, 2.45) is 0 Å². The van der Waals surface area contributed by atoms with Crippen LogP contribution in [-0.2, 0) is 11.3 Å². The molecule has 2 aromatic carbocycles. The minimum absolute atomic E-state index is 0.322. The quantitative estimate of drug-likeness (QED) is 0.591. The first-order valence-corrected chi connectivity index (χ1v) is 9.98. The Labute approximate surface area is 170 Å². The monoisotopic (exact) mass is 394 g/mol. The zero-order valence-corrected chi connectivity index (χ0v) is 16.9. The Kier molecular flexibility index (Phi) is 5.71. The molecule has 3 aromatic rings. The van der Waals surface area contributed by atoms with E-state index in [0.29, 0.717) is 18.9 Å². The van der Waals surface area contributed by atoms with E-state index >= 15 is 0 Å². The lowest BCUT2D eigenvalue weighted by atomic mass is 10.1. The van der Waals surface area contributed by atoms with Gasteiger partial charge in [0.25, 0.3) is 0 Å². The highest BCUT2D eigenvalue weighted by molar-refractivity contribution is 5.96. The van der Waals surface area contributed by atoms with Crippen molar-refractivity contribution in [2.45, 2.75) is 13.5 Å². The standard InChI is InChI=1S/C23H26N2O4/c1-3-28-23(26)22-20(19-9-4-5-10-21(19)29-22)16-24-11-13-25(14-12-24)17-7-6-8-18(15-17)27-2/h4-10,15H,3,11-14,16H2,1-2H3. The summed E-state index contributed by atoms with van der Waals surface area (Å²) in [6.07, 6.45) is 0. The lowest BCUT2D eigenvalue weighted by molar-refractivity contribution is 0.0489. The van der Waals surface area contributed by atoms with Gasteiger partial charge in [0, 0.05) is 55.4 Å². The number of nitrogens with zero attached hydrogens (tertiary/aromatic N) is 2. The SMILES string of the molecule is CCOC(=O)c1oc2ccccc2c1CN1CCN(c2cccc(OC)c2)CC1. The van der Waals surface area contributed by atoms with Gasteiger partial charge in [-0.05, 0) is 25.1 Å². The molecule has 6 heteroatoms. The van der Waals surface area contributed by atoms with Gasteiger partial charge in [-0.25, -0.2) is 4.79 Å². The summed E-state index contributed by atoms with van der Waals surface area (Å²) in [5, 5.41) is 0.978. The van der Waals surface area contributed by atoms with E-state index in [1.54, 1.807) is 14.0 Å². The van der Waals surface area contributed by atoms with E-state index in [2.05, 4.69) is 21.9 Å². The molecule has 0 aliphatic carbocycles. The van der Waals surface area contributed by atoms with Crippen molar-refractivity contribution in [3.63, 3.8) is 0 Å². The number of carbonyl (C=O) groups excluding carboxylic acids is 1. The third-order valence-corrected chi connectivity index (χ3v) is 5.33. The van der Waals surface area contributed by atoms with Crippen molar-refractivity contribution >= 4 is 22.6 Å². The van der Waals surface area contributed by atoms with Crippen LogP contribution in [0.1, 0.15) is 23.0 Å². The molecule has 1 aliphatic rings. The van der Waals surface area contributed by atoms with E-state index in [1.165, 1.54) is 5.69 Å². The van der Waals surface area contributed by atoms with Gasteiger partial charge in [-0.3, -0.25) is 4.90 Å². The second kappa shape index (κ2) is 8.57. The smallest absolute Gasteiger partial charge is 0.374 e. The second-order valence-electron chi connectivity index (χ2n) is 7.09. The molecule has 1 fully saturated rings. The molecule has 4 rings (SSSR count). The van der Waals surface area contributed by atoms with Crippen LogP contribution in [0.3, 0.4) is 0 Å². The van der Waals surface area contributed by atoms with Gasteiger partial charge in [0.1, 0.15) is 11.3 Å². The molecule has 0 N–H and O–H groups in total. The van der Waals surface area contributed by atoms with Crippen molar-refractivity contribution in [3.05, 3.63) is 59.9 Å². The largest absolute Gasteiger partial charge is 0.497 e. The van der Waals surface area contributed by atoms with Gasteiger partial charge in [0.15, 0.2) is 0 Å². The van der Waals surface area contributed by atoms with E-state index in [-0.39, 0.29) is 0 Å². The summed E-state index contributed by atoms with van der Waals surface area (Å²) in [6, 6.07) is 15.9. The van der Waals surface area contributed by atoms with Gasteiger partial charge in [-0.1, -0.05) is 24.3 Å². The third kappa shape index (κ3) is 4.07. The zero-order chi connectivity index (χ0) is 20.2. The van der Waals surface area contributed by atoms with Crippen LogP contribution in [0.4, 0.5) is 5.69 Å². The predicted octanol–water partition coefficient (Wildman–Crippen LogP) is 3.94. The minimum atomic E-state index is -0.395. The molecule has 0 amide bonds. The van der Waals surface area contributed by atoms with Gasteiger partial charge >= 0.3 is 5.97 Å². The van der Waals surface area contributed by atoms with E-state index in [1.807, 2.05) is 36.4 Å². The molecule has 152 valence electrons. The fourth-order valence-corrected chi connectivity index (χ4v) is 3.81. The van der Waals surface area contributed by atoms with Crippen LogP contribution in [-0.4, -0.2) is 50.8 Å². The molecular formula is C23H26N2O4. The number of fused-ring (bicyclic) bond motifs is 1. The Balaban J connectivity index is 1.50. The predicted molar refractivity (Wildman–Crippen MR) is 113 cm³/mol. The van der Waals surface area contributed by atoms with Crippen molar-refractivity contribution in [2.75, 3.05) is 44.8 Å². The molecule has 2 heterocycles. The number of anilines is 1. The zero-order valence-electron chi connectivity index (χ0n) is 16.9. The summed E-state index contributed by atoms with van der Waals surface area (Å²) >= 11 is 0. The maximum absolute atomic E-state index is 12.4. The van der Waals surface area contributed by atoms with Crippen LogP contribution in [0, 0.1) is 0 Å². The molecular weight excluding hydrogens is 368 g/mol. The van der Waals surface area contributed by atoms with E-state index < -0.39 is 5.97 Å². The molecule has 29 heavy (non-hydrogen) atoms. The molecule has 0 atom stereocenters. The molecule has 0 radical (unpaired) electrons. The average molecular weight is 394 g/mol. The molecule has 6 nitrogen and oxygen atoms in total. The highest BCUT2D eigenvalue weighted by atomic mass is 16.5. The Morgan fingerprint density at radius 2 is 1.86 bits per heavy atom. The first-order chi connectivity index (χ1) is 14.2. The second-order valence-corrected chi connectivity index (χ2v) is 7.09. The average Bonchev–Trinajstić information content (AvgIpc) is 3.13. The number of para-hydroxylation sites is 1. The Hall–Kier alpha value is -2.99.